The average molecular weight is 341 g/mol. The van der Waals surface area contributed by atoms with Crippen molar-refractivity contribution in [3.05, 3.63) is 57.5 Å². The van der Waals surface area contributed by atoms with Crippen LogP contribution in [-0.2, 0) is 6.42 Å². The second kappa shape index (κ2) is 7.12. The van der Waals surface area contributed by atoms with Gasteiger partial charge in [0.15, 0.2) is 5.69 Å². The van der Waals surface area contributed by atoms with Crippen molar-refractivity contribution in [2.45, 2.75) is 26.7 Å². The first kappa shape index (κ1) is 16.6. The first-order valence-corrected chi connectivity index (χ1v) is 7.94. The average Bonchev–Trinajstić information content (AvgIpc) is 3.19. The molecule has 0 aliphatic carbocycles. The SMILES string of the molecule is Cc1cc(C)cc(-n2ncc(C(=O)NCCCc3n[nH]c(=O)[nH]3)n2)c1. The predicted octanol–water partition coefficient (Wildman–Crippen LogP) is 0.658. The maximum atomic E-state index is 12.1. The van der Waals surface area contributed by atoms with Gasteiger partial charge in [-0.05, 0) is 43.5 Å². The quantitative estimate of drug-likeness (QED) is 0.569. The van der Waals surface area contributed by atoms with Crippen LogP contribution >= 0.6 is 0 Å². The predicted molar refractivity (Wildman–Crippen MR) is 90.7 cm³/mol. The first-order chi connectivity index (χ1) is 12.0. The molecule has 1 aromatic carbocycles. The number of hydrogen-bond acceptors (Lipinski definition) is 5. The van der Waals surface area contributed by atoms with Gasteiger partial charge in [0.25, 0.3) is 5.91 Å². The van der Waals surface area contributed by atoms with E-state index in [1.54, 1.807) is 0 Å². The lowest BCUT2D eigenvalue weighted by Gasteiger charge is -2.03. The van der Waals surface area contributed by atoms with Crippen LogP contribution in [-0.4, -0.2) is 42.6 Å². The number of carbonyl (C=O) groups excluding carboxylic acids is 1. The minimum Gasteiger partial charge on any atom is -0.351 e. The van der Waals surface area contributed by atoms with Crippen molar-refractivity contribution in [2.75, 3.05) is 6.54 Å². The second-order valence-electron chi connectivity index (χ2n) is 5.85. The third-order valence-electron chi connectivity index (χ3n) is 3.59. The maximum Gasteiger partial charge on any atom is 0.340 e. The van der Waals surface area contributed by atoms with E-state index < -0.39 is 0 Å². The second-order valence-corrected chi connectivity index (χ2v) is 5.85. The molecule has 0 bridgehead atoms. The molecule has 0 saturated heterocycles. The molecule has 3 rings (SSSR count). The normalized spacial score (nSPS) is 10.8. The summed E-state index contributed by atoms with van der Waals surface area (Å²) < 4.78 is 0. The molecule has 0 unspecified atom stereocenters. The molecule has 0 radical (unpaired) electrons. The number of hydrogen-bond donors (Lipinski definition) is 3. The van der Waals surface area contributed by atoms with Gasteiger partial charge in [-0.2, -0.15) is 15.0 Å². The van der Waals surface area contributed by atoms with Crippen molar-refractivity contribution in [1.29, 1.82) is 0 Å². The Morgan fingerprint density at radius 1 is 1.24 bits per heavy atom. The van der Waals surface area contributed by atoms with Crippen LogP contribution in [0.1, 0.15) is 33.9 Å². The van der Waals surface area contributed by atoms with Crippen molar-refractivity contribution in [3.8, 4) is 5.69 Å². The fraction of sp³-hybridized carbons (Fsp3) is 0.312. The van der Waals surface area contributed by atoms with E-state index in [-0.39, 0.29) is 17.3 Å². The van der Waals surface area contributed by atoms with Gasteiger partial charge in [-0.15, -0.1) is 5.10 Å². The van der Waals surface area contributed by atoms with Crippen molar-refractivity contribution in [1.82, 2.24) is 35.5 Å². The molecule has 0 spiro atoms. The highest BCUT2D eigenvalue weighted by atomic mass is 16.2. The number of nitrogens with zero attached hydrogens (tertiary/aromatic N) is 4. The van der Waals surface area contributed by atoms with Crippen molar-refractivity contribution in [2.24, 2.45) is 0 Å². The van der Waals surface area contributed by atoms with E-state index in [0.717, 1.165) is 16.8 Å². The molecule has 25 heavy (non-hydrogen) atoms. The standard InChI is InChI=1S/C16H19N7O2/c1-10-6-11(2)8-12(7-10)23-18-9-13(22-23)15(24)17-5-3-4-14-19-16(25)21-20-14/h6-9H,3-5H2,1-2H3,(H,17,24)(H2,19,20,21,25). The van der Waals surface area contributed by atoms with Crippen molar-refractivity contribution in [3.63, 3.8) is 0 Å². The number of aromatic amines is 2. The third-order valence-corrected chi connectivity index (χ3v) is 3.59. The van der Waals surface area contributed by atoms with E-state index in [1.807, 2.05) is 26.0 Å². The summed E-state index contributed by atoms with van der Waals surface area (Å²) in [7, 11) is 0. The summed E-state index contributed by atoms with van der Waals surface area (Å²) in [5.74, 6) is 0.283. The molecule has 0 fully saturated rings. The molecular weight excluding hydrogens is 322 g/mol. The Morgan fingerprint density at radius 3 is 2.68 bits per heavy atom. The lowest BCUT2D eigenvalue weighted by Crippen LogP contribution is -2.25. The summed E-state index contributed by atoms with van der Waals surface area (Å²) in [6.45, 7) is 4.45. The minimum atomic E-state index is -0.331. The van der Waals surface area contributed by atoms with Crippen LogP contribution in [0.2, 0.25) is 0 Å². The number of carbonyl (C=O) groups is 1. The number of aryl methyl sites for hydroxylation is 3. The Morgan fingerprint density at radius 2 is 2.00 bits per heavy atom. The monoisotopic (exact) mass is 341 g/mol. The third kappa shape index (κ3) is 4.19. The fourth-order valence-electron chi connectivity index (χ4n) is 2.53. The van der Waals surface area contributed by atoms with Gasteiger partial charge < -0.3 is 5.32 Å². The van der Waals surface area contributed by atoms with Crippen LogP contribution in [0.25, 0.3) is 5.69 Å². The topological polar surface area (TPSA) is 121 Å². The summed E-state index contributed by atoms with van der Waals surface area (Å²) in [4.78, 5) is 27.1. The Hall–Kier alpha value is -3.23. The zero-order chi connectivity index (χ0) is 17.8. The molecule has 9 heteroatoms. The molecule has 0 aliphatic heterocycles. The first-order valence-electron chi connectivity index (χ1n) is 7.94. The Bertz CT molecular complexity index is 918. The van der Waals surface area contributed by atoms with Gasteiger partial charge in [0.05, 0.1) is 11.9 Å². The molecular formula is C16H19N7O2. The number of benzene rings is 1. The van der Waals surface area contributed by atoms with E-state index in [1.165, 1.54) is 11.0 Å². The van der Waals surface area contributed by atoms with Gasteiger partial charge >= 0.3 is 5.69 Å². The number of nitrogens with one attached hydrogen (secondary N) is 3. The van der Waals surface area contributed by atoms with Crippen LogP contribution in [0.4, 0.5) is 0 Å². The highest BCUT2D eigenvalue weighted by molar-refractivity contribution is 5.91. The highest BCUT2D eigenvalue weighted by Crippen LogP contribution is 2.12. The molecule has 2 aromatic heterocycles. The Labute approximate surface area is 143 Å². The summed E-state index contributed by atoms with van der Waals surface area (Å²) in [6, 6.07) is 5.98. The molecule has 0 saturated carbocycles. The van der Waals surface area contributed by atoms with Gasteiger partial charge in [0.1, 0.15) is 5.82 Å². The van der Waals surface area contributed by atoms with Crippen LogP contribution < -0.4 is 11.0 Å². The van der Waals surface area contributed by atoms with E-state index >= 15 is 0 Å². The molecule has 3 aromatic rings. The molecule has 3 N–H and O–H groups in total. The molecule has 130 valence electrons. The van der Waals surface area contributed by atoms with Crippen molar-refractivity contribution >= 4 is 5.91 Å². The van der Waals surface area contributed by atoms with Gasteiger partial charge in [-0.3, -0.25) is 9.78 Å². The summed E-state index contributed by atoms with van der Waals surface area (Å²) in [5, 5.41) is 17.3. The lowest BCUT2D eigenvalue weighted by molar-refractivity contribution is 0.0947. The van der Waals surface area contributed by atoms with Gasteiger partial charge in [0, 0.05) is 13.0 Å². The van der Waals surface area contributed by atoms with Crippen LogP contribution in [0, 0.1) is 13.8 Å². The molecule has 2 heterocycles. The van der Waals surface area contributed by atoms with Crippen LogP contribution in [0.3, 0.4) is 0 Å². The Balaban J connectivity index is 1.56. The number of rotatable bonds is 6. The van der Waals surface area contributed by atoms with Crippen LogP contribution in [0.15, 0.2) is 29.2 Å². The van der Waals surface area contributed by atoms with E-state index in [0.29, 0.717) is 25.2 Å². The minimum absolute atomic E-state index is 0.257. The zero-order valence-electron chi connectivity index (χ0n) is 14.0. The number of H-pyrrole nitrogens is 2. The van der Waals surface area contributed by atoms with Crippen molar-refractivity contribution < 1.29 is 4.79 Å². The summed E-state index contributed by atoms with van der Waals surface area (Å²) >= 11 is 0. The molecule has 9 nitrogen and oxygen atoms in total. The smallest absolute Gasteiger partial charge is 0.340 e. The summed E-state index contributed by atoms with van der Waals surface area (Å²) in [5.41, 5.74) is 2.96. The Kier molecular flexibility index (Phi) is 4.73. The van der Waals surface area contributed by atoms with E-state index in [2.05, 4.69) is 36.8 Å². The number of aromatic nitrogens is 6. The van der Waals surface area contributed by atoms with E-state index in [9.17, 15) is 9.59 Å². The van der Waals surface area contributed by atoms with Gasteiger partial charge in [-0.1, -0.05) is 6.07 Å². The molecule has 1 amide bonds. The van der Waals surface area contributed by atoms with Gasteiger partial charge in [-0.25, -0.2) is 9.89 Å². The van der Waals surface area contributed by atoms with Crippen LogP contribution in [0.5, 0.6) is 0 Å². The summed E-state index contributed by atoms with van der Waals surface area (Å²) in [6.07, 6.45) is 2.66. The maximum absolute atomic E-state index is 12.1. The fourth-order valence-corrected chi connectivity index (χ4v) is 2.53. The molecule has 0 aliphatic rings. The van der Waals surface area contributed by atoms with E-state index in [4.69, 9.17) is 0 Å². The highest BCUT2D eigenvalue weighted by Gasteiger charge is 2.11. The largest absolute Gasteiger partial charge is 0.351 e. The lowest BCUT2D eigenvalue weighted by atomic mass is 10.1. The zero-order valence-corrected chi connectivity index (χ0v) is 14.0. The molecule has 0 atom stereocenters. The van der Waals surface area contributed by atoms with Gasteiger partial charge in [0.2, 0.25) is 0 Å². The number of amides is 1.